The highest BCUT2D eigenvalue weighted by molar-refractivity contribution is 5.80. The van der Waals surface area contributed by atoms with Crippen LogP contribution in [0.5, 0.6) is 0 Å². The number of carbonyl (C=O) groups is 2. The molecule has 0 radical (unpaired) electrons. The van der Waals surface area contributed by atoms with Gasteiger partial charge in [0.2, 0.25) is 11.8 Å². The van der Waals surface area contributed by atoms with Crippen LogP contribution in [0, 0.1) is 0 Å². The van der Waals surface area contributed by atoms with Gasteiger partial charge in [0.15, 0.2) is 0 Å². The molecule has 0 aromatic heterocycles. The lowest BCUT2D eigenvalue weighted by Crippen LogP contribution is -2.67. The van der Waals surface area contributed by atoms with E-state index in [0.29, 0.717) is 19.5 Å². The van der Waals surface area contributed by atoms with Gasteiger partial charge in [-0.3, -0.25) is 9.59 Å². The second kappa shape index (κ2) is 5.46. The number of fused-ring (bicyclic) bond motifs is 1. The lowest BCUT2D eigenvalue weighted by Gasteiger charge is -2.50. The number of hydrogen-bond donors (Lipinski definition) is 2. The number of amides is 2. The Morgan fingerprint density at radius 1 is 1.43 bits per heavy atom. The van der Waals surface area contributed by atoms with E-state index < -0.39 is 5.54 Å². The fraction of sp³-hybridized carbons (Fsp3) is 0.467. The molecule has 3 rings (SSSR count). The molecule has 0 bridgehead atoms. The summed E-state index contributed by atoms with van der Waals surface area (Å²) in [5.74, 6) is -0.203. The van der Waals surface area contributed by atoms with Crippen LogP contribution in [0.1, 0.15) is 12.0 Å². The number of nitrogens with zero attached hydrogens (tertiary/aromatic N) is 1. The number of nitrogens with one attached hydrogen (secondary N) is 1. The van der Waals surface area contributed by atoms with Crippen molar-refractivity contribution < 1.29 is 14.3 Å². The van der Waals surface area contributed by atoms with Crippen molar-refractivity contribution in [2.24, 2.45) is 5.73 Å². The number of benzene rings is 1. The standard InChI is InChI=1S/C15H19N3O3/c16-8-14(20)18-7-6-15(11-4-2-1-3-5-11)12(9-18)21-10-13(19)17-15/h1-5,12H,6-10,16H2,(H,17,19)/t12-,15+/m1/s1. The zero-order valence-electron chi connectivity index (χ0n) is 11.7. The van der Waals surface area contributed by atoms with E-state index in [2.05, 4.69) is 5.32 Å². The molecule has 6 heteroatoms. The molecule has 2 aliphatic rings. The molecule has 1 aromatic carbocycles. The van der Waals surface area contributed by atoms with Crippen LogP contribution in [0.3, 0.4) is 0 Å². The molecule has 2 heterocycles. The van der Waals surface area contributed by atoms with Crippen molar-refractivity contribution in [2.75, 3.05) is 26.2 Å². The molecule has 21 heavy (non-hydrogen) atoms. The lowest BCUT2D eigenvalue weighted by molar-refractivity contribution is -0.157. The number of nitrogens with two attached hydrogens (primary N) is 1. The highest BCUT2D eigenvalue weighted by Gasteiger charge is 2.49. The van der Waals surface area contributed by atoms with Crippen LogP contribution < -0.4 is 11.1 Å². The Kier molecular flexibility index (Phi) is 3.65. The third kappa shape index (κ3) is 2.41. The molecule has 2 fully saturated rings. The monoisotopic (exact) mass is 289 g/mol. The number of carbonyl (C=O) groups excluding carboxylic acids is 2. The topological polar surface area (TPSA) is 84.7 Å². The molecule has 1 aromatic rings. The van der Waals surface area contributed by atoms with Crippen molar-refractivity contribution in [3.8, 4) is 0 Å². The second-order valence-electron chi connectivity index (χ2n) is 5.48. The third-order valence-electron chi connectivity index (χ3n) is 4.31. The van der Waals surface area contributed by atoms with Crippen LogP contribution in [0.2, 0.25) is 0 Å². The molecule has 2 amide bonds. The van der Waals surface area contributed by atoms with E-state index in [9.17, 15) is 9.59 Å². The molecule has 3 N–H and O–H groups in total. The number of rotatable bonds is 2. The highest BCUT2D eigenvalue weighted by atomic mass is 16.5. The van der Waals surface area contributed by atoms with Crippen molar-refractivity contribution in [3.05, 3.63) is 35.9 Å². The van der Waals surface area contributed by atoms with E-state index in [1.165, 1.54) is 0 Å². The van der Waals surface area contributed by atoms with Crippen LogP contribution >= 0.6 is 0 Å². The van der Waals surface area contributed by atoms with E-state index in [1.54, 1.807) is 4.90 Å². The Balaban J connectivity index is 1.92. The smallest absolute Gasteiger partial charge is 0.246 e. The summed E-state index contributed by atoms with van der Waals surface area (Å²) in [5.41, 5.74) is 5.90. The van der Waals surface area contributed by atoms with Crippen molar-refractivity contribution in [3.63, 3.8) is 0 Å². The number of ether oxygens (including phenoxy) is 1. The van der Waals surface area contributed by atoms with Crippen molar-refractivity contribution in [1.29, 1.82) is 0 Å². The minimum Gasteiger partial charge on any atom is -0.364 e. The van der Waals surface area contributed by atoms with Crippen molar-refractivity contribution >= 4 is 11.8 Å². The van der Waals surface area contributed by atoms with Crippen molar-refractivity contribution in [2.45, 2.75) is 18.1 Å². The summed E-state index contributed by atoms with van der Waals surface area (Å²) in [6.07, 6.45) is 0.376. The maximum absolute atomic E-state index is 11.8. The molecule has 0 spiro atoms. The van der Waals surface area contributed by atoms with Gasteiger partial charge >= 0.3 is 0 Å². The van der Waals surface area contributed by atoms with Crippen LogP contribution in [-0.4, -0.2) is 49.1 Å². The molecule has 0 aliphatic carbocycles. The fourth-order valence-corrected chi connectivity index (χ4v) is 3.21. The molecule has 112 valence electrons. The van der Waals surface area contributed by atoms with Gasteiger partial charge in [0.25, 0.3) is 0 Å². The summed E-state index contributed by atoms with van der Waals surface area (Å²) in [7, 11) is 0. The number of piperidine rings is 1. The van der Waals surface area contributed by atoms with E-state index in [4.69, 9.17) is 10.5 Å². The SMILES string of the molecule is NCC(=O)N1CC[C@@]2(c3ccccc3)NC(=O)CO[C@@H]2C1. The first-order valence-electron chi connectivity index (χ1n) is 7.12. The normalized spacial score (nSPS) is 28.7. The average molecular weight is 289 g/mol. The maximum Gasteiger partial charge on any atom is 0.246 e. The molecular formula is C15H19N3O3. The zero-order chi connectivity index (χ0) is 14.9. The fourth-order valence-electron chi connectivity index (χ4n) is 3.21. The number of likely N-dealkylation sites (tertiary alicyclic amines) is 1. The molecule has 0 saturated carbocycles. The zero-order valence-corrected chi connectivity index (χ0v) is 11.7. The maximum atomic E-state index is 11.8. The van der Waals surface area contributed by atoms with Gasteiger partial charge in [-0.05, 0) is 12.0 Å². The van der Waals surface area contributed by atoms with Gasteiger partial charge < -0.3 is 20.7 Å². The number of morpholine rings is 1. The first-order valence-corrected chi connectivity index (χ1v) is 7.12. The molecule has 2 saturated heterocycles. The van der Waals surface area contributed by atoms with Crippen LogP contribution in [0.25, 0.3) is 0 Å². The Bertz CT molecular complexity index is 548. The largest absolute Gasteiger partial charge is 0.364 e. The minimum atomic E-state index is -0.554. The molecule has 6 nitrogen and oxygen atoms in total. The Morgan fingerprint density at radius 2 is 2.19 bits per heavy atom. The lowest BCUT2D eigenvalue weighted by atomic mass is 9.77. The average Bonchev–Trinajstić information content (AvgIpc) is 2.54. The van der Waals surface area contributed by atoms with Gasteiger partial charge in [0.1, 0.15) is 12.7 Å². The predicted octanol–water partition coefficient (Wildman–Crippen LogP) is -0.412. The first-order chi connectivity index (χ1) is 10.2. The third-order valence-corrected chi connectivity index (χ3v) is 4.31. The minimum absolute atomic E-state index is 0.00256. The second-order valence-corrected chi connectivity index (χ2v) is 5.48. The van der Waals surface area contributed by atoms with Crippen molar-refractivity contribution in [1.82, 2.24) is 10.2 Å². The summed E-state index contributed by atoms with van der Waals surface area (Å²) in [5, 5.41) is 3.09. The molecule has 2 aliphatic heterocycles. The molecular weight excluding hydrogens is 270 g/mol. The summed E-state index contributed by atoms with van der Waals surface area (Å²) in [6.45, 7) is 1.04. The van der Waals surface area contributed by atoms with Crippen LogP contribution in [0.15, 0.2) is 30.3 Å². The van der Waals surface area contributed by atoms with E-state index in [1.807, 2.05) is 30.3 Å². The predicted molar refractivity (Wildman–Crippen MR) is 76.3 cm³/mol. The molecule has 0 unspecified atom stereocenters. The van der Waals surface area contributed by atoms with E-state index >= 15 is 0 Å². The van der Waals surface area contributed by atoms with Gasteiger partial charge in [-0.2, -0.15) is 0 Å². The van der Waals surface area contributed by atoms with Crippen LogP contribution in [0.4, 0.5) is 0 Å². The van der Waals surface area contributed by atoms with Gasteiger partial charge in [0.05, 0.1) is 12.1 Å². The number of hydrogen-bond acceptors (Lipinski definition) is 4. The van der Waals surface area contributed by atoms with Gasteiger partial charge in [-0.1, -0.05) is 30.3 Å². The van der Waals surface area contributed by atoms with Gasteiger partial charge in [-0.25, -0.2) is 0 Å². The summed E-state index contributed by atoms with van der Waals surface area (Å²) in [4.78, 5) is 25.3. The Hall–Kier alpha value is -1.92. The molecule has 2 atom stereocenters. The van der Waals surface area contributed by atoms with Crippen LogP contribution in [-0.2, 0) is 19.9 Å². The van der Waals surface area contributed by atoms with E-state index in [-0.39, 0.29) is 31.1 Å². The van der Waals surface area contributed by atoms with Gasteiger partial charge in [0, 0.05) is 13.1 Å². The summed E-state index contributed by atoms with van der Waals surface area (Å²) in [6, 6.07) is 9.80. The Labute approximate surface area is 123 Å². The summed E-state index contributed by atoms with van der Waals surface area (Å²) >= 11 is 0. The highest BCUT2D eigenvalue weighted by Crippen LogP contribution is 2.36. The first kappa shape index (κ1) is 14.0. The summed E-state index contributed by atoms with van der Waals surface area (Å²) < 4.78 is 5.73. The quantitative estimate of drug-likeness (QED) is 0.775. The Morgan fingerprint density at radius 3 is 2.90 bits per heavy atom. The van der Waals surface area contributed by atoms with E-state index in [0.717, 1.165) is 5.56 Å². The van der Waals surface area contributed by atoms with Gasteiger partial charge in [-0.15, -0.1) is 0 Å².